The van der Waals surface area contributed by atoms with Gasteiger partial charge in [0.1, 0.15) is 29.0 Å². The van der Waals surface area contributed by atoms with Gasteiger partial charge in [-0.15, -0.1) is 0 Å². The molecule has 0 spiro atoms. The minimum atomic E-state index is -5.07. The van der Waals surface area contributed by atoms with Crippen LogP contribution in [0.4, 0.5) is 23.4 Å². The zero-order valence-electron chi connectivity index (χ0n) is 17.5. The lowest BCUT2D eigenvalue weighted by atomic mass is 10.2. The number of halogens is 4. The topological polar surface area (TPSA) is 68.7 Å². The minimum absolute atomic E-state index is 0.192. The van der Waals surface area contributed by atoms with Crippen molar-refractivity contribution in [3.05, 3.63) is 83.6 Å². The van der Waals surface area contributed by atoms with E-state index in [1.165, 1.54) is 38.5 Å². The largest absolute Gasteiger partial charge is 0.497 e. The Balaban J connectivity index is 2.25. The number of anilines is 1. The van der Waals surface area contributed by atoms with E-state index < -0.39 is 56.2 Å². The molecule has 0 unspecified atom stereocenters. The fourth-order valence-corrected chi connectivity index (χ4v) is 4.60. The summed E-state index contributed by atoms with van der Waals surface area (Å²) in [5.74, 6) is -5.56. The first kappa shape index (κ1) is 24.1. The van der Waals surface area contributed by atoms with Gasteiger partial charge in [-0.1, -0.05) is 18.7 Å². The van der Waals surface area contributed by atoms with E-state index in [9.17, 15) is 26.0 Å². The van der Waals surface area contributed by atoms with E-state index in [0.29, 0.717) is 10.1 Å². The molecule has 0 radical (unpaired) electrons. The second kappa shape index (κ2) is 9.49. The Kier molecular flexibility index (Phi) is 6.92. The highest BCUT2D eigenvalue weighted by molar-refractivity contribution is 7.92. The van der Waals surface area contributed by atoms with E-state index >= 15 is 0 Å². The molecule has 0 N–H and O–H groups in total. The summed E-state index contributed by atoms with van der Waals surface area (Å²) in [6, 6.07) is 7.97. The number of aromatic nitrogens is 1. The van der Waals surface area contributed by atoms with Crippen LogP contribution in [0.25, 0.3) is 6.08 Å². The number of methoxy groups -OCH3 is 2. The first-order chi connectivity index (χ1) is 15.6. The summed E-state index contributed by atoms with van der Waals surface area (Å²) in [5, 5.41) is 0. The molecule has 2 aromatic carbocycles. The molecule has 174 valence electrons. The van der Waals surface area contributed by atoms with Crippen molar-refractivity contribution in [2.45, 2.75) is 11.4 Å². The van der Waals surface area contributed by atoms with Gasteiger partial charge in [0.15, 0.2) is 10.7 Å². The molecule has 3 rings (SSSR count). The first-order valence-electron chi connectivity index (χ1n) is 9.30. The van der Waals surface area contributed by atoms with Crippen molar-refractivity contribution >= 4 is 21.9 Å². The predicted octanol–water partition coefficient (Wildman–Crippen LogP) is 4.69. The molecule has 0 amide bonds. The maximum atomic E-state index is 14.9. The lowest BCUT2D eigenvalue weighted by Gasteiger charge is -2.25. The highest BCUT2D eigenvalue weighted by atomic mass is 32.2. The summed E-state index contributed by atoms with van der Waals surface area (Å²) in [5.41, 5.74) is -0.580. The van der Waals surface area contributed by atoms with Crippen molar-refractivity contribution in [1.29, 1.82) is 0 Å². The first-order valence-corrected chi connectivity index (χ1v) is 10.7. The maximum Gasteiger partial charge on any atom is 0.271 e. The quantitative estimate of drug-likeness (QED) is 0.344. The van der Waals surface area contributed by atoms with Gasteiger partial charge in [-0.3, -0.25) is 0 Å². The number of pyridine rings is 1. The molecule has 0 saturated heterocycles. The average molecular weight is 482 g/mol. The Labute approximate surface area is 187 Å². The summed E-state index contributed by atoms with van der Waals surface area (Å²) in [4.78, 5) is 2.11. The molecular weight excluding hydrogens is 464 g/mol. The van der Waals surface area contributed by atoms with Crippen LogP contribution in [0, 0.1) is 23.4 Å². The smallest absolute Gasteiger partial charge is 0.271 e. The standard InChI is InChI=1S/C22H18F4N2O4S/c1-4-15-16(23)11-17(24)22(21(15)26)33(29,30)28(20-7-5-6-19(25)27-20)12-13-8-9-14(31-2)10-18(13)32-3/h4-11H,1,12H2,2-3H3. The van der Waals surface area contributed by atoms with E-state index in [4.69, 9.17) is 9.47 Å². The fourth-order valence-electron chi connectivity index (χ4n) is 3.08. The summed E-state index contributed by atoms with van der Waals surface area (Å²) in [7, 11) is -2.33. The van der Waals surface area contributed by atoms with E-state index in [0.717, 1.165) is 18.2 Å². The summed E-state index contributed by atoms with van der Waals surface area (Å²) < 4.78 is 95.1. The van der Waals surface area contributed by atoms with Crippen molar-refractivity contribution in [1.82, 2.24) is 4.98 Å². The Morgan fingerprint density at radius 2 is 1.76 bits per heavy atom. The molecule has 1 aromatic heterocycles. The Hall–Kier alpha value is -3.60. The summed E-state index contributed by atoms with van der Waals surface area (Å²) in [6.45, 7) is 2.68. The van der Waals surface area contributed by atoms with Gasteiger partial charge < -0.3 is 9.47 Å². The molecular formula is C22H18F4N2O4S. The molecule has 0 aliphatic heterocycles. The SMILES string of the molecule is C=Cc1c(F)cc(F)c(S(=O)(=O)N(Cc2ccc(OC)cc2OC)c2cccc(F)n2)c1F. The molecule has 1 heterocycles. The van der Waals surface area contributed by atoms with E-state index in [-0.39, 0.29) is 17.4 Å². The molecule has 33 heavy (non-hydrogen) atoms. The predicted molar refractivity (Wildman–Crippen MR) is 114 cm³/mol. The van der Waals surface area contributed by atoms with Crippen LogP contribution in [0.3, 0.4) is 0 Å². The number of ether oxygens (including phenoxy) is 2. The number of hydrogen-bond acceptors (Lipinski definition) is 5. The Bertz CT molecular complexity index is 1320. The highest BCUT2D eigenvalue weighted by Crippen LogP contribution is 2.33. The Morgan fingerprint density at radius 1 is 1.03 bits per heavy atom. The van der Waals surface area contributed by atoms with E-state index in [1.807, 2.05) is 0 Å². The molecule has 0 saturated carbocycles. The summed E-state index contributed by atoms with van der Waals surface area (Å²) >= 11 is 0. The van der Waals surface area contributed by atoms with E-state index in [2.05, 4.69) is 11.6 Å². The van der Waals surface area contributed by atoms with Gasteiger partial charge in [0.25, 0.3) is 10.0 Å². The number of benzene rings is 2. The second-order valence-corrected chi connectivity index (χ2v) is 8.41. The lowest BCUT2D eigenvalue weighted by molar-refractivity contribution is 0.391. The number of hydrogen-bond donors (Lipinski definition) is 0. The molecule has 0 atom stereocenters. The van der Waals surface area contributed by atoms with Crippen molar-refractivity contribution in [2.75, 3.05) is 18.5 Å². The van der Waals surface area contributed by atoms with Gasteiger partial charge in [0, 0.05) is 23.3 Å². The molecule has 6 nitrogen and oxygen atoms in total. The van der Waals surface area contributed by atoms with Gasteiger partial charge in [-0.05, 0) is 24.3 Å². The van der Waals surface area contributed by atoms with Gasteiger partial charge in [-0.2, -0.15) is 4.39 Å². The van der Waals surface area contributed by atoms with Gasteiger partial charge in [0.05, 0.1) is 20.8 Å². The summed E-state index contributed by atoms with van der Waals surface area (Å²) in [6.07, 6.45) is 0.723. The average Bonchev–Trinajstić information content (AvgIpc) is 2.77. The van der Waals surface area contributed by atoms with Crippen LogP contribution in [0.1, 0.15) is 11.1 Å². The van der Waals surface area contributed by atoms with Crippen molar-refractivity contribution < 1.29 is 35.5 Å². The van der Waals surface area contributed by atoms with E-state index in [1.54, 1.807) is 0 Å². The monoisotopic (exact) mass is 482 g/mol. The zero-order chi connectivity index (χ0) is 24.3. The van der Waals surface area contributed by atoms with Crippen LogP contribution in [-0.2, 0) is 16.6 Å². The zero-order valence-corrected chi connectivity index (χ0v) is 18.3. The third kappa shape index (κ3) is 4.63. The fraction of sp³-hybridized carbons (Fsp3) is 0.136. The minimum Gasteiger partial charge on any atom is -0.497 e. The van der Waals surface area contributed by atoms with Gasteiger partial charge >= 0.3 is 0 Å². The van der Waals surface area contributed by atoms with Crippen LogP contribution >= 0.6 is 0 Å². The number of sulfonamides is 1. The van der Waals surface area contributed by atoms with Crippen LogP contribution in [-0.4, -0.2) is 27.6 Å². The molecule has 0 aliphatic rings. The number of nitrogens with zero attached hydrogens (tertiary/aromatic N) is 2. The van der Waals surface area contributed by atoms with Gasteiger partial charge in [-0.25, -0.2) is 30.9 Å². The molecule has 11 heteroatoms. The number of rotatable bonds is 8. The third-order valence-electron chi connectivity index (χ3n) is 4.68. The van der Waals surface area contributed by atoms with Gasteiger partial charge in [0.2, 0.25) is 5.95 Å². The molecule has 3 aromatic rings. The van der Waals surface area contributed by atoms with Crippen molar-refractivity contribution in [3.63, 3.8) is 0 Å². The van der Waals surface area contributed by atoms with Crippen LogP contribution in [0.2, 0.25) is 0 Å². The molecule has 0 aliphatic carbocycles. The molecule has 0 fully saturated rings. The van der Waals surface area contributed by atoms with Crippen LogP contribution in [0.15, 0.2) is 53.9 Å². The lowest BCUT2D eigenvalue weighted by Crippen LogP contribution is -2.33. The normalized spacial score (nSPS) is 11.2. The van der Waals surface area contributed by atoms with Crippen LogP contribution < -0.4 is 13.8 Å². The van der Waals surface area contributed by atoms with Crippen LogP contribution in [0.5, 0.6) is 11.5 Å². The van der Waals surface area contributed by atoms with Crippen molar-refractivity contribution in [3.8, 4) is 11.5 Å². The second-order valence-electron chi connectivity index (χ2n) is 6.61. The maximum absolute atomic E-state index is 14.9. The molecule has 0 bridgehead atoms. The third-order valence-corrected chi connectivity index (χ3v) is 6.47. The Morgan fingerprint density at radius 3 is 2.36 bits per heavy atom. The highest BCUT2D eigenvalue weighted by Gasteiger charge is 2.35. The van der Waals surface area contributed by atoms with Crippen molar-refractivity contribution in [2.24, 2.45) is 0 Å².